The molecule has 1 unspecified atom stereocenters. The largest absolute Gasteiger partial charge is 0.380 e. The van der Waals surface area contributed by atoms with Gasteiger partial charge in [-0.2, -0.15) is 10.2 Å². The number of aryl methyl sites for hydroxylation is 1. The molecule has 1 amide bonds. The molecule has 0 bridgehead atoms. The molecule has 5 aliphatic rings. The summed E-state index contributed by atoms with van der Waals surface area (Å²) in [5.74, 6) is 1.11. The zero-order chi connectivity index (χ0) is 28.8. The van der Waals surface area contributed by atoms with Crippen LogP contribution in [0.2, 0.25) is 5.02 Å². The summed E-state index contributed by atoms with van der Waals surface area (Å²) < 4.78 is 8.07. The highest BCUT2D eigenvalue weighted by atomic mass is 35.5. The van der Waals surface area contributed by atoms with Gasteiger partial charge in [-0.1, -0.05) is 18.2 Å². The number of carbonyl (C=O) groups is 1. The number of rotatable bonds is 5. The molecule has 1 N–H and O–H groups in total. The van der Waals surface area contributed by atoms with Crippen molar-refractivity contribution in [2.75, 3.05) is 50.8 Å². The van der Waals surface area contributed by atoms with Crippen LogP contribution in [0.1, 0.15) is 55.8 Å². The SMILES string of the molecule is C=CC(=O)N1CC2(CC(n3nc(N4CCN(C5CCOC5)CC45CCC5)c(-c4c(Cl)c(C)cc5[nH]ncc45)c3C)C2)C1. The molecule has 9 nitrogen and oxygen atoms in total. The number of hydrogen-bond donors (Lipinski definition) is 1. The van der Waals surface area contributed by atoms with Crippen molar-refractivity contribution in [1.29, 1.82) is 0 Å². The van der Waals surface area contributed by atoms with Crippen molar-refractivity contribution in [2.24, 2.45) is 5.41 Å². The molecule has 3 saturated heterocycles. The lowest BCUT2D eigenvalue weighted by molar-refractivity contribution is -0.149. The second kappa shape index (κ2) is 9.56. The molecule has 0 radical (unpaired) electrons. The number of aromatic amines is 1. The Morgan fingerprint density at radius 2 is 1.98 bits per heavy atom. The van der Waals surface area contributed by atoms with E-state index in [0.29, 0.717) is 12.1 Å². The van der Waals surface area contributed by atoms with Crippen LogP contribution in [0.25, 0.3) is 22.0 Å². The number of nitrogens with one attached hydrogen (secondary N) is 1. The van der Waals surface area contributed by atoms with E-state index in [-0.39, 0.29) is 16.9 Å². The molecule has 2 saturated carbocycles. The number of benzene rings is 1. The average molecular weight is 590 g/mol. The van der Waals surface area contributed by atoms with Gasteiger partial charge in [-0.15, -0.1) is 0 Å². The number of halogens is 1. The number of H-pyrrole nitrogens is 1. The number of fused-ring (bicyclic) bond motifs is 1. The number of carbonyl (C=O) groups excluding carboxylic acids is 1. The van der Waals surface area contributed by atoms with E-state index in [1.54, 1.807) is 0 Å². The Morgan fingerprint density at radius 1 is 1.17 bits per heavy atom. The molecule has 2 aromatic heterocycles. The number of amides is 1. The first-order valence-electron chi connectivity index (χ1n) is 15.5. The second-order valence-corrected chi connectivity index (χ2v) is 14.0. The van der Waals surface area contributed by atoms with Crippen molar-refractivity contribution in [3.8, 4) is 11.1 Å². The highest BCUT2D eigenvalue weighted by Crippen LogP contribution is 2.56. The third-order valence-corrected chi connectivity index (χ3v) is 11.6. The Bertz CT molecular complexity index is 1570. The lowest BCUT2D eigenvalue weighted by atomic mass is 9.60. The first-order chi connectivity index (χ1) is 20.3. The van der Waals surface area contributed by atoms with Crippen LogP contribution in [0.15, 0.2) is 24.9 Å². The minimum atomic E-state index is 0.0382. The highest BCUT2D eigenvalue weighted by Gasteiger charge is 2.55. The standard InChI is InChI=1S/C32H40ClN7O2/c1-4-26(41)38-17-31(18-38)13-23(14-31)40-21(3)27(28-24-15-34-35-25(24)12-20(2)29(28)33)30(36-40)39-10-9-37(22-6-11-42-16-22)19-32(39)7-5-8-32/h4,12,15,22-23H,1,5-11,13-14,16-19H2,2-3H3,(H,34,35). The van der Waals surface area contributed by atoms with Gasteiger partial charge in [-0.25, -0.2) is 0 Å². The summed E-state index contributed by atoms with van der Waals surface area (Å²) in [4.78, 5) is 19.3. The maximum Gasteiger partial charge on any atom is 0.245 e. The number of hydrogen-bond acceptors (Lipinski definition) is 6. The molecule has 42 heavy (non-hydrogen) atoms. The summed E-state index contributed by atoms with van der Waals surface area (Å²) >= 11 is 7.18. The van der Waals surface area contributed by atoms with Crippen LogP contribution in [0.3, 0.4) is 0 Å². The van der Waals surface area contributed by atoms with Crippen molar-refractivity contribution < 1.29 is 9.53 Å². The van der Waals surface area contributed by atoms with Crippen molar-refractivity contribution in [1.82, 2.24) is 29.8 Å². The molecule has 3 aromatic rings. The maximum absolute atomic E-state index is 12.1. The summed E-state index contributed by atoms with van der Waals surface area (Å²) in [6, 6.07) is 2.93. The molecule has 8 rings (SSSR count). The normalized spacial score (nSPS) is 25.2. The van der Waals surface area contributed by atoms with Crippen LogP contribution in [-0.2, 0) is 9.53 Å². The van der Waals surface area contributed by atoms with Gasteiger partial charge in [0.2, 0.25) is 5.91 Å². The van der Waals surface area contributed by atoms with Gasteiger partial charge in [-0.3, -0.25) is 19.5 Å². The molecule has 1 aromatic carbocycles. The zero-order valence-corrected chi connectivity index (χ0v) is 25.4. The maximum atomic E-state index is 12.1. The van der Waals surface area contributed by atoms with Crippen LogP contribution in [0, 0.1) is 19.3 Å². The summed E-state index contributed by atoms with van der Waals surface area (Å²) in [5, 5.41) is 14.9. The molecule has 10 heteroatoms. The van der Waals surface area contributed by atoms with Crippen molar-refractivity contribution >= 4 is 34.2 Å². The number of likely N-dealkylation sites (tertiary alicyclic amines) is 1. The second-order valence-electron chi connectivity index (χ2n) is 13.6. The Morgan fingerprint density at radius 3 is 2.67 bits per heavy atom. The number of piperazine rings is 1. The molecule has 2 aliphatic carbocycles. The monoisotopic (exact) mass is 589 g/mol. The van der Waals surface area contributed by atoms with Crippen LogP contribution in [0.4, 0.5) is 5.82 Å². The quantitative estimate of drug-likeness (QED) is 0.427. The Balaban J connectivity index is 1.19. The zero-order valence-electron chi connectivity index (χ0n) is 24.7. The van der Waals surface area contributed by atoms with E-state index in [1.807, 2.05) is 11.1 Å². The van der Waals surface area contributed by atoms with E-state index in [4.69, 9.17) is 21.4 Å². The summed E-state index contributed by atoms with van der Waals surface area (Å²) in [7, 11) is 0. The lowest BCUT2D eigenvalue weighted by Gasteiger charge is -2.59. The van der Waals surface area contributed by atoms with Gasteiger partial charge in [0.15, 0.2) is 5.82 Å². The van der Waals surface area contributed by atoms with Gasteiger partial charge in [0.25, 0.3) is 0 Å². The molecule has 5 fully saturated rings. The summed E-state index contributed by atoms with van der Waals surface area (Å²) in [6.45, 7) is 14.4. The third kappa shape index (κ3) is 3.85. The lowest BCUT2D eigenvalue weighted by Crippen LogP contribution is -2.67. The molecule has 2 spiro atoms. The number of ether oxygens (including phenoxy) is 1. The topological polar surface area (TPSA) is 82.5 Å². The number of aromatic nitrogens is 4. The fourth-order valence-electron chi connectivity index (χ4n) is 8.68. The fourth-order valence-corrected chi connectivity index (χ4v) is 8.93. The molecular formula is C32H40ClN7O2. The van der Waals surface area contributed by atoms with Crippen molar-refractivity contribution in [3.05, 3.63) is 41.2 Å². The number of anilines is 1. The molecule has 3 aliphatic heterocycles. The third-order valence-electron chi connectivity index (χ3n) is 11.1. The molecular weight excluding hydrogens is 550 g/mol. The first kappa shape index (κ1) is 26.7. The van der Waals surface area contributed by atoms with Gasteiger partial charge < -0.3 is 14.5 Å². The predicted molar refractivity (Wildman–Crippen MR) is 164 cm³/mol. The summed E-state index contributed by atoms with van der Waals surface area (Å²) in [5.41, 5.74) is 5.70. The predicted octanol–water partition coefficient (Wildman–Crippen LogP) is 4.88. The van der Waals surface area contributed by atoms with Gasteiger partial charge in [0, 0.05) is 73.0 Å². The van der Waals surface area contributed by atoms with Crippen molar-refractivity contribution in [3.63, 3.8) is 0 Å². The molecule has 222 valence electrons. The molecule has 5 heterocycles. The van der Waals surface area contributed by atoms with E-state index in [9.17, 15) is 4.79 Å². The first-order valence-corrected chi connectivity index (χ1v) is 15.9. The van der Waals surface area contributed by atoms with Crippen LogP contribution in [0.5, 0.6) is 0 Å². The average Bonchev–Trinajstić information content (AvgIpc) is 3.68. The smallest absolute Gasteiger partial charge is 0.245 e. The highest BCUT2D eigenvalue weighted by molar-refractivity contribution is 6.36. The fraction of sp³-hybridized carbons (Fsp3) is 0.594. The molecule has 1 atom stereocenters. The van der Waals surface area contributed by atoms with Gasteiger partial charge in [0.05, 0.1) is 34.9 Å². The van der Waals surface area contributed by atoms with Crippen molar-refractivity contribution in [2.45, 2.75) is 70.0 Å². The van der Waals surface area contributed by atoms with E-state index in [0.717, 1.165) is 104 Å². The van der Waals surface area contributed by atoms with E-state index in [1.165, 1.54) is 31.0 Å². The van der Waals surface area contributed by atoms with Crippen LogP contribution < -0.4 is 4.90 Å². The Kier molecular flexibility index (Phi) is 6.08. The van der Waals surface area contributed by atoms with Gasteiger partial charge >= 0.3 is 0 Å². The number of nitrogens with zero attached hydrogens (tertiary/aromatic N) is 6. The van der Waals surface area contributed by atoms with E-state index >= 15 is 0 Å². The van der Waals surface area contributed by atoms with Crippen LogP contribution in [-0.4, -0.2) is 93.2 Å². The Labute approximate surface area is 251 Å². The minimum absolute atomic E-state index is 0.0382. The van der Waals surface area contributed by atoms with E-state index < -0.39 is 0 Å². The van der Waals surface area contributed by atoms with E-state index in [2.05, 4.69) is 51.2 Å². The van der Waals surface area contributed by atoms with Crippen LogP contribution >= 0.6 is 11.6 Å². The van der Waals surface area contributed by atoms with Gasteiger partial charge in [-0.05, 0) is 70.1 Å². The summed E-state index contributed by atoms with van der Waals surface area (Å²) in [6.07, 6.45) is 10.2. The van der Waals surface area contributed by atoms with Gasteiger partial charge in [0.1, 0.15) is 0 Å². The Hall–Kier alpha value is -2.88. The minimum Gasteiger partial charge on any atom is -0.380 e.